The number of unbranched alkanes of at least 4 members (excludes halogenated alkanes) is 1. The third kappa shape index (κ3) is 4.49. The SMILES string of the molecule is COC(=O)CN(CCCCO)C1CCCC1. The number of carbonyl (C=O) groups excluding carboxylic acids is 1. The summed E-state index contributed by atoms with van der Waals surface area (Å²) in [6.07, 6.45) is 6.67. The summed E-state index contributed by atoms with van der Waals surface area (Å²) in [5, 5.41) is 8.76. The molecule has 94 valence electrons. The molecule has 0 amide bonds. The van der Waals surface area contributed by atoms with E-state index in [-0.39, 0.29) is 12.6 Å². The third-order valence-corrected chi connectivity index (χ3v) is 3.25. The first-order valence-electron chi connectivity index (χ1n) is 6.19. The first kappa shape index (κ1) is 13.5. The van der Waals surface area contributed by atoms with E-state index in [1.165, 1.54) is 32.8 Å². The Kier molecular flexibility index (Phi) is 6.42. The van der Waals surface area contributed by atoms with Gasteiger partial charge in [-0.2, -0.15) is 0 Å². The Bertz CT molecular complexity index is 202. The lowest BCUT2D eigenvalue weighted by Gasteiger charge is -2.27. The van der Waals surface area contributed by atoms with Gasteiger partial charge >= 0.3 is 5.97 Å². The first-order chi connectivity index (χ1) is 7.77. The molecule has 0 aliphatic heterocycles. The molecular weight excluding hydrogens is 206 g/mol. The summed E-state index contributed by atoms with van der Waals surface area (Å²) >= 11 is 0. The van der Waals surface area contributed by atoms with Crippen molar-refractivity contribution in [2.75, 3.05) is 26.8 Å². The van der Waals surface area contributed by atoms with E-state index in [0.29, 0.717) is 12.6 Å². The lowest BCUT2D eigenvalue weighted by Crippen LogP contribution is -2.38. The monoisotopic (exact) mass is 229 g/mol. The van der Waals surface area contributed by atoms with Crippen molar-refractivity contribution in [1.29, 1.82) is 0 Å². The van der Waals surface area contributed by atoms with E-state index in [2.05, 4.69) is 4.90 Å². The van der Waals surface area contributed by atoms with Crippen molar-refractivity contribution in [3.05, 3.63) is 0 Å². The number of methoxy groups -OCH3 is 1. The predicted molar refractivity (Wildman–Crippen MR) is 62.2 cm³/mol. The lowest BCUT2D eigenvalue weighted by atomic mass is 10.2. The number of hydrogen-bond donors (Lipinski definition) is 1. The van der Waals surface area contributed by atoms with Gasteiger partial charge in [-0.05, 0) is 32.2 Å². The molecule has 0 saturated heterocycles. The molecule has 0 heterocycles. The molecule has 1 N–H and O–H groups in total. The zero-order chi connectivity index (χ0) is 11.8. The molecular formula is C12H23NO3. The van der Waals surface area contributed by atoms with E-state index >= 15 is 0 Å². The van der Waals surface area contributed by atoms with Gasteiger partial charge in [-0.15, -0.1) is 0 Å². The Labute approximate surface area is 97.6 Å². The molecule has 16 heavy (non-hydrogen) atoms. The van der Waals surface area contributed by atoms with Gasteiger partial charge in [0.25, 0.3) is 0 Å². The zero-order valence-corrected chi connectivity index (χ0v) is 10.2. The number of rotatable bonds is 7. The number of ether oxygens (including phenoxy) is 1. The summed E-state index contributed by atoms with van der Waals surface area (Å²) in [7, 11) is 1.43. The molecule has 1 aliphatic rings. The van der Waals surface area contributed by atoms with Gasteiger partial charge in [0.15, 0.2) is 0 Å². The second-order valence-corrected chi connectivity index (χ2v) is 4.42. The highest BCUT2D eigenvalue weighted by atomic mass is 16.5. The molecule has 0 atom stereocenters. The van der Waals surface area contributed by atoms with Crippen molar-refractivity contribution in [3.63, 3.8) is 0 Å². The van der Waals surface area contributed by atoms with E-state index in [1.807, 2.05) is 0 Å². The van der Waals surface area contributed by atoms with Crippen molar-refractivity contribution in [2.24, 2.45) is 0 Å². The van der Waals surface area contributed by atoms with Gasteiger partial charge in [-0.3, -0.25) is 9.69 Å². The number of esters is 1. The molecule has 4 nitrogen and oxygen atoms in total. The topological polar surface area (TPSA) is 49.8 Å². The van der Waals surface area contributed by atoms with Gasteiger partial charge in [0.1, 0.15) is 0 Å². The summed E-state index contributed by atoms with van der Waals surface area (Å²) in [6.45, 7) is 1.52. The fraction of sp³-hybridized carbons (Fsp3) is 0.917. The van der Waals surface area contributed by atoms with Crippen LogP contribution in [-0.2, 0) is 9.53 Å². The highest BCUT2D eigenvalue weighted by Gasteiger charge is 2.23. The van der Waals surface area contributed by atoms with E-state index < -0.39 is 0 Å². The molecule has 1 fully saturated rings. The van der Waals surface area contributed by atoms with Gasteiger partial charge in [-0.1, -0.05) is 12.8 Å². The Balaban J connectivity index is 2.36. The van der Waals surface area contributed by atoms with Crippen molar-refractivity contribution < 1.29 is 14.6 Å². The smallest absolute Gasteiger partial charge is 0.319 e. The minimum Gasteiger partial charge on any atom is -0.468 e. The van der Waals surface area contributed by atoms with Crippen molar-refractivity contribution >= 4 is 5.97 Å². The van der Waals surface area contributed by atoms with Crippen molar-refractivity contribution in [1.82, 2.24) is 4.90 Å². The van der Waals surface area contributed by atoms with Gasteiger partial charge in [0.05, 0.1) is 13.7 Å². The number of aliphatic hydroxyl groups is 1. The standard InChI is InChI=1S/C12H23NO3/c1-16-12(15)10-13(8-4-5-9-14)11-6-2-3-7-11/h11,14H,2-10H2,1H3. The van der Waals surface area contributed by atoms with Crippen LogP contribution in [0.4, 0.5) is 0 Å². The summed E-state index contributed by atoms with van der Waals surface area (Å²) in [5.41, 5.74) is 0. The first-order valence-corrected chi connectivity index (χ1v) is 6.19. The maximum atomic E-state index is 11.3. The minimum atomic E-state index is -0.157. The van der Waals surface area contributed by atoms with E-state index in [4.69, 9.17) is 9.84 Å². The average molecular weight is 229 g/mol. The molecule has 0 unspecified atom stereocenters. The summed E-state index contributed by atoms with van der Waals surface area (Å²) in [4.78, 5) is 13.5. The maximum absolute atomic E-state index is 11.3. The quantitative estimate of drug-likeness (QED) is 0.526. The van der Waals surface area contributed by atoms with Crippen LogP contribution in [0.15, 0.2) is 0 Å². The number of aliphatic hydroxyl groups excluding tert-OH is 1. The van der Waals surface area contributed by atoms with Crippen LogP contribution in [0.3, 0.4) is 0 Å². The lowest BCUT2D eigenvalue weighted by molar-refractivity contribution is -0.142. The van der Waals surface area contributed by atoms with Crippen molar-refractivity contribution in [3.8, 4) is 0 Å². The van der Waals surface area contributed by atoms with Crippen LogP contribution in [0, 0.1) is 0 Å². The Morgan fingerprint density at radius 1 is 1.38 bits per heavy atom. The molecule has 0 radical (unpaired) electrons. The third-order valence-electron chi connectivity index (χ3n) is 3.25. The molecule has 0 spiro atoms. The molecule has 4 heteroatoms. The predicted octanol–water partition coefficient (Wildman–Crippen LogP) is 1.18. The van der Waals surface area contributed by atoms with Gasteiger partial charge in [0, 0.05) is 12.6 Å². The molecule has 0 aromatic heterocycles. The van der Waals surface area contributed by atoms with Crippen LogP contribution in [0.1, 0.15) is 38.5 Å². The Morgan fingerprint density at radius 3 is 2.62 bits per heavy atom. The zero-order valence-electron chi connectivity index (χ0n) is 10.2. The summed E-state index contributed by atoms with van der Waals surface area (Å²) in [5.74, 6) is -0.157. The second-order valence-electron chi connectivity index (χ2n) is 4.42. The highest BCUT2D eigenvalue weighted by Crippen LogP contribution is 2.23. The van der Waals surface area contributed by atoms with Gasteiger partial charge < -0.3 is 9.84 Å². The molecule has 0 bridgehead atoms. The Hall–Kier alpha value is -0.610. The van der Waals surface area contributed by atoms with Gasteiger partial charge in [-0.25, -0.2) is 0 Å². The van der Waals surface area contributed by atoms with Crippen LogP contribution in [0.5, 0.6) is 0 Å². The van der Waals surface area contributed by atoms with Crippen LogP contribution < -0.4 is 0 Å². The van der Waals surface area contributed by atoms with E-state index in [1.54, 1.807) is 0 Å². The van der Waals surface area contributed by atoms with Crippen LogP contribution in [-0.4, -0.2) is 48.8 Å². The fourth-order valence-electron chi connectivity index (χ4n) is 2.32. The number of carbonyl (C=O) groups is 1. The highest BCUT2D eigenvalue weighted by molar-refractivity contribution is 5.71. The number of hydrogen-bond acceptors (Lipinski definition) is 4. The van der Waals surface area contributed by atoms with E-state index in [0.717, 1.165) is 19.4 Å². The van der Waals surface area contributed by atoms with Crippen molar-refractivity contribution in [2.45, 2.75) is 44.6 Å². The second kappa shape index (κ2) is 7.63. The minimum absolute atomic E-state index is 0.157. The molecule has 0 aromatic carbocycles. The summed E-state index contributed by atoms with van der Waals surface area (Å²) < 4.78 is 4.72. The van der Waals surface area contributed by atoms with Crippen LogP contribution in [0.2, 0.25) is 0 Å². The molecule has 1 aliphatic carbocycles. The molecule has 1 saturated carbocycles. The number of nitrogens with zero attached hydrogens (tertiary/aromatic N) is 1. The normalized spacial score (nSPS) is 16.9. The van der Waals surface area contributed by atoms with Gasteiger partial charge in [0.2, 0.25) is 0 Å². The van der Waals surface area contributed by atoms with E-state index in [9.17, 15) is 4.79 Å². The van der Waals surface area contributed by atoms with Crippen LogP contribution >= 0.6 is 0 Å². The molecule has 0 aromatic rings. The molecule has 1 rings (SSSR count). The average Bonchev–Trinajstić information content (AvgIpc) is 2.81. The van der Waals surface area contributed by atoms with Crippen LogP contribution in [0.25, 0.3) is 0 Å². The largest absolute Gasteiger partial charge is 0.468 e. The maximum Gasteiger partial charge on any atom is 0.319 e. The fourth-order valence-corrected chi connectivity index (χ4v) is 2.32. The summed E-state index contributed by atoms with van der Waals surface area (Å²) in [6, 6.07) is 0.540. The Morgan fingerprint density at radius 2 is 2.06 bits per heavy atom.